The number of hydrogen-bond acceptors (Lipinski definition) is 1. The number of ether oxygens (including phenoxy) is 1. The Morgan fingerprint density at radius 1 is 0.821 bits per heavy atom. The third kappa shape index (κ3) is 3.74. The Morgan fingerprint density at radius 3 is 1.79 bits per heavy atom. The molecule has 0 unspecified atom stereocenters. The molecular weight excluding hydrogens is 356 g/mol. The minimum Gasteiger partial charge on any atom is -0.375 e. The molecule has 4 rings (SSSR count). The average molecular weight is 393 g/mol. The van der Waals surface area contributed by atoms with Gasteiger partial charge in [-0.1, -0.05) is 111 Å². The molecule has 150 valence electrons. The maximum Gasteiger partial charge on any atom is 0.125 e. The van der Waals surface area contributed by atoms with Crippen molar-refractivity contribution < 1.29 is 4.74 Å². The Hall–Kier alpha value is -1.38. The highest BCUT2D eigenvalue weighted by Crippen LogP contribution is 2.44. The SMILES string of the molecule is CC(C)(C)[Si](C[C@H]1C[C@H](C2CCCCC2)O1)(c1ccccc1)c1ccccc1. The highest BCUT2D eigenvalue weighted by atomic mass is 28.3. The van der Waals surface area contributed by atoms with E-state index in [1.54, 1.807) is 10.4 Å². The van der Waals surface area contributed by atoms with E-state index in [-0.39, 0.29) is 5.04 Å². The summed E-state index contributed by atoms with van der Waals surface area (Å²) in [5.74, 6) is 0.823. The molecule has 0 N–H and O–H groups in total. The summed E-state index contributed by atoms with van der Waals surface area (Å²) in [6.07, 6.45) is 9.24. The summed E-state index contributed by atoms with van der Waals surface area (Å²) < 4.78 is 6.61. The lowest BCUT2D eigenvalue weighted by Crippen LogP contribution is -2.66. The molecule has 1 aliphatic carbocycles. The highest BCUT2D eigenvalue weighted by Gasteiger charge is 2.51. The number of benzene rings is 2. The van der Waals surface area contributed by atoms with Crippen LogP contribution < -0.4 is 10.4 Å². The fraction of sp³-hybridized carbons (Fsp3) is 0.538. The Labute approximate surface area is 172 Å². The van der Waals surface area contributed by atoms with Crippen LogP contribution in [0.1, 0.15) is 59.3 Å². The zero-order valence-electron chi connectivity index (χ0n) is 17.9. The Kier molecular flexibility index (Phi) is 5.80. The molecule has 1 heterocycles. The molecule has 2 atom stereocenters. The predicted molar refractivity (Wildman–Crippen MR) is 122 cm³/mol. The topological polar surface area (TPSA) is 9.23 Å². The summed E-state index contributed by atoms with van der Waals surface area (Å²) in [6, 6.07) is 23.9. The van der Waals surface area contributed by atoms with Gasteiger partial charge in [0.1, 0.15) is 8.07 Å². The molecule has 0 bridgehead atoms. The van der Waals surface area contributed by atoms with Crippen molar-refractivity contribution in [3.05, 3.63) is 60.7 Å². The lowest BCUT2D eigenvalue weighted by Gasteiger charge is -2.50. The second-order valence-electron chi connectivity index (χ2n) is 10.0. The van der Waals surface area contributed by atoms with Crippen LogP contribution in [0.2, 0.25) is 11.1 Å². The van der Waals surface area contributed by atoms with Crippen molar-refractivity contribution >= 4 is 18.4 Å². The Balaban J connectivity index is 1.62. The predicted octanol–water partition coefficient (Wildman–Crippen LogP) is 5.79. The smallest absolute Gasteiger partial charge is 0.125 e. The summed E-state index contributed by atoms with van der Waals surface area (Å²) in [5, 5.41) is 3.34. The summed E-state index contributed by atoms with van der Waals surface area (Å²) in [7, 11) is -1.99. The molecule has 2 aromatic carbocycles. The Bertz CT molecular complexity index is 698. The van der Waals surface area contributed by atoms with Gasteiger partial charge in [0, 0.05) is 0 Å². The van der Waals surface area contributed by atoms with Gasteiger partial charge in [-0.2, -0.15) is 0 Å². The zero-order valence-corrected chi connectivity index (χ0v) is 18.9. The molecule has 2 fully saturated rings. The normalized spacial score (nSPS) is 24.0. The van der Waals surface area contributed by atoms with E-state index in [0.717, 1.165) is 5.92 Å². The quantitative estimate of drug-likeness (QED) is 0.585. The van der Waals surface area contributed by atoms with Crippen molar-refractivity contribution in [3.63, 3.8) is 0 Å². The van der Waals surface area contributed by atoms with Crippen LogP contribution in [-0.4, -0.2) is 20.3 Å². The fourth-order valence-electron chi connectivity index (χ4n) is 5.80. The largest absolute Gasteiger partial charge is 0.375 e. The van der Waals surface area contributed by atoms with Gasteiger partial charge in [-0.05, 0) is 36.3 Å². The second kappa shape index (κ2) is 8.16. The van der Waals surface area contributed by atoms with E-state index in [2.05, 4.69) is 81.4 Å². The van der Waals surface area contributed by atoms with Gasteiger partial charge in [0.2, 0.25) is 0 Å². The van der Waals surface area contributed by atoms with Crippen LogP contribution >= 0.6 is 0 Å². The van der Waals surface area contributed by atoms with Gasteiger partial charge in [-0.25, -0.2) is 0 Å². The van der Waals surface area contributed by atoms with Gasteiger partial charge in [0.05, 0.1) is 12.2 Å². The molecule has 2 heteroatoms. The third-order valence-corrected chi connectivity index (χ3v) is 13.7. The minimum atomic E-state index is -1.99. The maximum absolute atomic E-state index is 6.61. The first-order chi connectivity index (χ1) is 13.5. The van der Waals surface area contributed by atoms with Crippen molar-refractivity contribution in [2.24, 2.45) is 5.92 Å². The van der Waals surface area contributed by atoms with Crippen LogP contribution in [0.25, 0.3) is 0 Å². The van der Waals surface area contributed by atoms with Crippen molar-refractivity contribution in [1.82, 2.24) is 0 Å². The lowest BCUT2D eigenvalue weighted by atomic mass is 9.81. The Morgan fingerprint density at radius 2 is 1.32 bits per heavy atom. The molecule has 1 saturated heterocycles. The number of hydrogen-bond donors (Lipinski definition) is 0. The van der Waals surface area contributed by atoms with E-state index in [9.17, 15) is 0 Å². The molecule has 1 nitrogen and oxygen atoms in total. The summed E-state index contributed by atoms with van der Waals surface area (Å²) >= 11 is 0. The monoisotopic (exact) mass is 392 g/mol. The van der Waals surface area contributed by atoms with E-state index >= 15 is 0 Å². The average Bonchev–Trinajstić information content (AvgIpc) is 2.68. The molecule has 0 spiro atoms. The van der Waals surface area contributed by atoms with Crippen LogP contribution in [0.5, 0.6) is 0 Å². The van der Waals surface area contributed by atoms with Gasteiger partial charge in [-0.3, -0.25) is 0 Å². The van der Waals surface area contributed by atoms with Crippen LogP contribution in [-0.2, 0) is 4.74 Å². The standard InChI is InChI=1S/C26H36OSi/c1-26(2,3)28(23-15-9-5-10-16-23,24-17-11-6-12-18-24)20-22-19-25(27-22)21-13-7-4-8-14-21/h5-6,9-12,15-18,21-22,25H,4,7-8,13-14,19-20H2,1-3H3/t22-,25-/m1/s1. The molecule has 2 aliphatic rings. The van der Waals surface area contributed by atoms with Crippen molar-refractivity contribution in [2.75, 3.05) is 0 Å². The van der Waals surface area contributed by atoms with Crippen molar-refractivity contribution in [2.45, 2.75) is 82.6 Å². The van der Waals surface area contributed by atoms with Gasteiger partial charge in [0.15, 0.2) is 0 Å². The maximum atomic E-state index is 6.61. The van der Waals surface area contributed by atoms with Crippen molar-refractivity contribution in [3.8, 4) is 0 Å². The van der Waals surface area contributed by atoms with E-state index in [1.165, 1.54) is 44.6 Å². The summed E-state index contributed by atoms with van der Waals surface area (Å²) in [5.41, 5.74) is 0. The van der Waals surface area contributed by atoms with E-state index < -0.39 is 8.07 Å². The van der Waals surface area contributed by atoms with Crippen LogP contribution in [0.3, 0.4) is 0 Å². The third-order valence-electron chi connectivity index (χ3n) is 7.39. The lowest BCUT2D eigenvalue weighted by molar-refractivity contribution is -0.146. The molecule has 1 aliphatic heterocycles. The fourth-order valence-corrected chi connectivity index (χ4v) is 11.4. The van der Waals surface area contributed by atoms with Crippen LogP contribution in [0, 0.1) is 5.92 Å². The van der Waals surface area contributed by atoms with Gasteiger partial charge in [0.25, 0.3) is 0 Å². The van der Waals surface area contributed by atoms with E-state index in [4.69, 9.17) is 4.74 Å². The van der Waals surface area contributed by atoms with E-state index in [1.807, 2.05) is 0 Å². The molecule has 28 heavy (non-hydrogen) atoms. The van der Waals surface area contributed by atoms with E-state index in [0.29, 0.717) is 12.2 Å². The minimum absolute atomic E-state index is 0.231. The highest BCUT2D eigenvalue weighted by molar-refractivity contribution is 7.04. The zero-order chi connectivity index (χ0) is 19.6. The second-order valence-corrected chi connectivity index (χ2v) is 14.9. The van der Waals surface area contributed by atoms with Crippen LogP contribution in [0.4, 0.5) is 0 Å². The summed E-state index contributed by atoms with van der Waals surface area (Å²) in [4.78, 5) is 0. The molecule has 2 aromatic rings. The molecular formula is C26H36OSi. The molecule has 0 aromatic heterocycles. The van der Waals surface area contributed by atoms with Gasteiger partial charge >= 0.3 is 0 Å². The molecule has 0 radical (unpaired) electrons. The first kappa shape index (κ1) is 19.9. The van der Waals surface area contributed by atoms with Crippen LogP contribution in [0.15, 0.2) is 60.7 Å². The van der Waals surface area contributed by atoms with Gasteiger partial charge < -0.3 is 4.74 Å². The molecule has 0 amide bonds. The summed E-state index contributed by atoms with van der Waals surface area (Å²) in [6.45, 7) is 7.36. The van der Waals surface area contributed by atoms with Gasteiger partial charge in [-0.15, -0.1) is 0 Å². The molecule has 1 saturated carbocycles. The first-order valence-electron chi connectivity index (χ1n) is 11.3. The number of rotatable bonds is 5. The first-order valence-corrected chi connectivity index (χ1v) is 13.5. The van der Waals surface area contributed by atoms with Crippen molar-refractivity contribution in [1.29, 1.82) is 0 Å².